The van der Waals surface area contributed by atoms with E-state index in [4.69, 9.17) is 0 Å². The van der Waals surface area contributed by atoms with Crippen LogP contribution in [0.15, 0.2) is 60.9 Å². The van der Waals surface area contributed by atoms with Gasteiger partial charge in [0.25, 0.3) is 0 Å². The minimum absolute atomic E-state index is 0.00266. The van der Waals surface area contributed by atoms with E-state index in [1.165, 1.54) is 80.3 Å². The lowest BCUT2D eigenvalue weighted by Crippen LogP contribution is -2.68. The first-order valence-electron chi connectivity index (χ1n) is 21.8. The van der Waals surface area contributed by atoms with Gasteiger partial charge in [-0.15, -0.1) is 0 Å². The van der Waals surface area contributed by atoms with Gasteiger partial charge in [-0.2, -0.15) is 4.57 Å². The second-order valence-corrected chi connectivity index (χ2v) is 20.3. The highest BCUT2D eigenvalue weighted by molar-refractivity contribution is 5.71. The predicted octanol–water partition coefficient (Wildman–Crippen LogP) is 12.0. The van der Waals surface area contributed by atoms with E-state index >= 15 is 0 Å². The molecule has 2 heteroatoms. The highest BCUT2D eigenvalue weighted by atomic mass is 15.1. The molecule has 2 aromatic heterocycles. The zero-order valence-corrected chi connectivity index (χ0v) is 34.2. The lowest BCUT2D eigenvalue weighted by atomic mass is 9.56. The number of hydrogen-bond donors (Lipinski definition) is 0. The Balaban J connectivity index is 1.16. The third-order valence-electron chi connectivity index (χ3n) is 17.0. The zero-order valence-electron chi connectivity index (χ0n) is 34.2. The Morgan fingerprint density at radius 2 is 1.19 bits per heavy atom. The topological polar surface area (TPSA) is 7.76 Å². The van der Waals surface area contributed by atoms with Gasteiger partial charge < -0.3 is 0 Å². The minimum Gasteiger partial charge on any atom is -0.201 e. The Bertz CT molecular complexity index is 2150. The van der Waals surface area contributed by atoms with Crippen LogP contribution in [0.5, 0.6) is 0 Å². The number of nitrogens with zero attached hydrogens (tertiary/aromatic N) is 2. The smallest absolute Gasteiger partial charge is 0.201 e. The fourth-order valence-corrected chi connectivity index (χ4v) is 14.2. The van der Waals surface area contributed by atoms with Crippen LogP contribution in [0, 0.1) is 0 Å². The van der Waals surface area contributed by atoms with Crippen molar-refractivity contribution in [1.29, 1.82) is 0 Å². The van der Waals surface area contributed by atoms with Crippen LogP contribution < -0.4 is 9.13 Å². The Labute approximate surface area is 320 Å². The molecular weight excluding hydrogens is 641 g/mol. The van der Waals surface area contributed by atoms with Crippen LogP contribution in [0.3, 0.4) is 0 Å². The monoisotopic (exact) mass is 705 g/mol. The summed E-state index contributed by atoms with van der Waals surface area (Å²) in [6, 6.07) is 20.5. The van der Waals surface area contributed by atoms with Crippen molar-refractivity contribution >= 4 is 0 Å². The maximum absolute atomic E-state index is 2.76. The third-order valence-corrected chi connectivity index (χ3v) is 17.0. The Kier molecular flexibility index (Phi) is 7.51. The third kappa shape index (κ3) is 4.69. The number of aromatic nitrogens is 2. The molecule has 3 heterocycles. The molecule has 8 aliphatic rings. The van der Waals surface area contributed by atoms with Crippen LogP contribution in [0.1, 0.15) is 194 Å². The quantitative estimate of drug-likeness (QED) is 0.177. The highest BCUT2D eigenvalue weighted by Crippen LogP contribution is 2.58. The maximum Gasteiger partial charge on any atom is 0.213 e. The van der Waals surface area contributed by atoms with Crippen molar-refractivity contribution in [3.63, 3.8) is 0 Å². The molecule has 1 aliphatic heterocycles. The van der Waals surface area contributed by atoms with Crippen LogP contribution in [0.2, 0.25) is 0 Å². The van der Waals surface area contributed by atoms with Crippen molar-refractivity contribution in [1.82, 2.24) is 0 Å². The first-order valence-corrected chi connectivity index (χ1v) is 21.8. The van der Waals surface area contributed by atoms with E-state index in [1.54, 1.807) is 44.5 Å². The van der Waals surface area contributed by atoms with E-state index in [1.807, 2.05) is 0 Å². The van der Waals surface area contributed by atoms with E-state index in [9.17, 15) is 0 Å². The van der Waals surface area contributed by atoms with Gasteiger partial charge >= 0.3 is 0 Å². The average Bonchev–Trinajstić information content (AvgIpc) is 3.36. The number of rotatable bonds is 6. The minimum atomic E-state index is -0.0407. The molecule has 2 unspecified atom stereocenters. The van der Waals surface area contributed by atoms with Crippen molar-refractivity contribution in [2.75, 3.05) is 0 Å². The number of fused-ring (bicyclic) bond motifs is 8. The standard InChI is InChI=1S/C51H64N2/c1-9-50(7)51(10-2,43-29-45-44(48(3,4)31-49(45,5)6)27-41(43)46-13-11-12-24-53(46)50)23-22-36-25-37-32-14-16-33(17-15-32)38(37)26-40(36)47-28-39-34-18-20-35(21-19-34)42(39)30-52(47)8/h11-13,24-30,32-35H,9-10,14-23,31H2,1-8H3/q+2. The predicted molar refractivity (Wildman–Crippen MR) is 218 cm³/mol. The molecule has 4 bridgehead atoms. The molecule has 0 saturated heterocycles. The van der Waals surface area contributed by atoms with Crippen LogP contribution >= 0.6 is 0 Å². The molecule has 7 aliphatic carbocycles. The largest absolute Gasteiger partial charge is 0.213 e. The molecule has 276 valence electrons. The molecule has 12 rings (SSSR count). The normalized spacial score (nSPS) is 30.7. The van der Waals surface area contributed by atoms with Crippen LogP contribution in [0.25, 0.3) is 22.5 Å². The summed E-state index contributed by atoms with van der Waals surface area (Å²) in [5.41, 5.74) is 19.3. The van der Waals surface area contributed by atoms with Gasteiger partial charge in [-0.3, -0.25) is 0 Å². The molecule has 53 heavy (non-hydrogen) atoms. The molecule has 2 aromatic carbocycles. The number of pyridine rings is 2. The summed E-state index contributed by atoms with van der Waals surface area (Å²) in [5, 5.41) is 0. The first-order chi connectivity index (χ1) is 25.4. The van der Waals surface area contributed by atoms with Gasteiger partial charge in [-0.1, -0.05) is 53.7 Å². The van der Waals surface area contributed by atoms with E-state index in [2.05, 4.69) is 126 Å². The summed E-state index contributed by atoms with van der Waals surface area (Å²) in [7, 11) is 2.35. The van der Waals surface area contributed by atoms with Gasteiger partial charge in [0.15, 0.2) is 17.9 Å². The number of benzene rings is 2. The molecule has 0 spiro atoms. The maximum atomic E-state index is 2.76. The van der Waals surface area contributed by atoms with E-state index in [-0.39, 0.29) is 21.8 Å². The second kappa shape index (κ2) is 11.6. The van der Waals surface area contributed by atoms with Crippen LogP contribution in [0.4, 0.5) is 0 Å². The summed E-state index contributed by atoms with van der Waals surface area (Å²) in [5.74, 6) is 3.03. The molecule has 4 aromatic rings. The SMILES string of the molecule is CCC1(CCc2cc3c(cc2-c2cc4c(c[n+]2C)C2CCC4CC2)C2CCC3CC2)c2cc3c(cc2-c2cccc[n+]2C1(C)CC)C(C)(C)CC3(C)C. The van der Waals surface area contributed by atoms with Gasteiger partial charge in [0.1, 0.15) is 7.05 Å². The average molecular weight is 705 g/mol. The van der Waals surface area contributed by atoms with Gasteiger partial charge in [-0.25, -0.2) is 4.57 Å². The Hall–Kier alpha value is -3.26. The van der Waals surface area contributed by atoms with Crippen molar-refractivity contribution in [2.45, 2.75) is 177 Å². The fourth-order valence-electron chi connectivity index (χ4n) is 14.2. The van der Waals surface area contributed by atoms with Gasteiger partial charge in [0, 0.05) is 42.7 Å². The van der Waals surface area contributed by atoms with E-state index in [0.717, 1.165) is 49.4 Å². The first kappa shape index (κ1) is 34.2. The van der Waals surface area contributed by atoms with Crippen molar-refractivity contribution in [3.05, 3.63) is 105 Å². The summed E-state index contributed by atoms with van der Waals surface area (Å²) >= 11 is 0. The summed E-state index contributed by atoms with van der Waals surface area (Å²) < 4.78 is 5.25. The lowest BCUT2D eigenvalue weighted by molar-refractivity contribution is -0.766. The Morgan fingerprint density at radius 3 is 1.81 bits per heavy atom. The van der Waals surface area contributed by atoms with Crippen molar-refractivity contribution in [2.24, 2.45) is 7.05 Å². The number of aryl methyl sites for hydroxylation is 2. The van der Waals surface area contributed by atoms with Crippen molar-refractivity contribution < 1.29 is 9.13 Å². The van der Waals surface area contributed by atoms with Crippen LogP contribution in [-0.2, 0) is 35.3 Å². The molecule has 0 radical (unpaired) electrons. The molecule has 0 N–H and O–H groups in total. The van der Waals surface area contributed by atoms with E-state index in [0.29, 0.717) is 0 Å². The van der Waals surface area contributed by atoms with Gasteiger partial charge in [0.05, 0.1) is 11.0 Å². The summed E-state index contributed by atoms with van der Waals surface area (Å²) in [6.07, 6.45) is 21.8. The number of hydrogen-bond acceptors (Lipinski definition) is 0. The second-order valence-electron chi connectivity index (χ2n) is 20.3. The molecule has 2 saturated carbocycles. The van der Waals surface area contributed by atoms with Gasteiger partial charge in [-0.05, 0) is 169 Å². The molecule has 2 atom stereocenters. The van der Waals surface area contributed by atoms with Crippen LogP contribution in [-0.4, -0.2) is 0 Å². The lowest BCUT2D eigenvalue weighted by Gasteiger charge is -2.49. The summed E-state index contributed by atoms with van der Waals surface area (Å²) in [6.45, 7) is 17.5. The molecule has 2 fully saturated rings. The zero-order chi connectivity index (χ0) is 36.7. The van der Waals surface area contributed by atoms with Gasteiger partial charge in [0.2, 0.25) is 11.4 Å². The fraction of sp³-hybridized carbons (Fsp3) is 0.569. The molecule has 0 amide bonds. The Morgan fingerprint density at radius 1 is 0.604 bits per heavy atom. The molecular formula is C51H64N2+2. The van der Waals surface area contributed by atoms with Crippen molar-refractivity contribution in [3.8, 4) is 22.5 Å². The van der Waals surface area contributed by atoms with E-state index < -0.39 is 0 Å². The molecule has 2 nitrogen and oxygen atoms in total. The highest BCUT2D eigenvalue weighted by Gasteiger charge is 2.59. The summed E-state index contributed by atoms with van der Waals surface area (Å²) in [4.78, 5) is 0.